The molecule has 0 aliphatic carbocycles. The molecule has 1 amide bonds. The standard InChI is InChI=1S/C14H17N3O2/c1-4-10-8-13(17(3)16-10)14(19)15-12-6-5-11(18)7-9(12)2/h5-8,18H,4H2,1-3H3,(H,15,19). The Balaban J connectivity index is 2.23. The quantitative estimate of drug-likeness (QED) is 0.831. The third kappa shape index (κ3) is 2.76. The Labute approximate surface area is 111 Å². The maximum absolute atomic E-state index is 12.2. The van der Waals surface area contributed by atoms with Crippen molar-refractivity contribution in [1.29, 1.82) is 0 Å². The molecule has 2 N–H and O–H groups in total. The van der Waals surface area contributed by atoms with Gasteiger partial charge in [-0.1, -0.05) is 6.92 Å². The lowest BCUT2D eigenvalue weighted by Crippen LogP contribution is -2.16. The zero-order valence-electron chi connectivity index (χ0n) is 11.3. The van der Waals surface area contributed by atoms with Crippen LogP contribution in [0, 0.1) is 6.92 Å². The Morgan fingerprint density at radius 2 is 2.16 bits per heavy atom. The highest BCUT2D eigenvalue weighted by atomic mass is 16.3. The van der Waals surface area contributed by atoms with Gasteiger partial charge in [0.25, 0.3) is 5.91 Å². The van der Waals surface area contributed by atoms with Gasteiger partial charge in [0, 0.05) is 12.7 Å². The summed E-state index contributed by atoms with van der Waals surface area (Å²) in [6, 6.07) is 6.62. The Morgan fingerprint density at radius 3 is 2.74 bits per heavy atom. The molecule has 5 heteroatoms. The van der Waals surface area contributed by atoms with Gasteiger partial charge < -0.3 is 10.4 Å². The van der Waals surface area contributed by atoms with Crippen LogP contribution in [0.4, 0.5) is 5.69 Å². The number of rotatable bonds is 3. The summed E-state index contributed by atoms with van der Waals surface area (Å²) in [5, 5.41) is 16.4. The summed E-state index contributed by atoms with van der Waals surface area (Å²) in [4.78, 5) is 12.2. The summed E-state index contributed by atoms with van der Waals surface area (Å²) in [5.41, 5.74) is 2.90. The summed E-state index contributed by atoms with van der Waals surface area (Å²) < 4.78 is 1.57. The number of hydrogen-bond donors (Lipinski definition) is 2. The number of aryl methyl sites for hydroxylation is 3. The van der Waals surface area contributed by atoms with Gasteiger partial charge in [-0.3, -0.25) is 9.48 Å². The van der Waals surface area contributed by atoms with Crippen molar-refractivity contribution in [2.75, 3.05) is 5.32 Å². The van der Waals surface area contributed by atoms with E-state index in [1.165, 1.54) is 0 Å². The average molecular weight is 259 g/mol. The van der Waals surface area contributed by atoms with Crippen LogP contribution < -0.4 is 5.32 Å². The molecular weight excluding hydrogens is 242 g/mol. The predicted octanol–water partition coefficient (Wildman–Crippen LogP) is 2.25. The third-order valence-electron chi connectivity index (χ3n) is 2.98. The molecule has 2 rings (SSSR count). The molecule has 100 valence electrons. The minimum Gasteiger partial charge on any atom is -0.508 e. The highest BCUT2D eigenvalue weighted by Crippen LogP contribution is 2.20. The molecule has 0 spiro atoms. The van der Waals surface area contributed by atoms with Crippen molar-refractivity contribution >= 4 is 11.6 Å². The molecule has 1 aromatic heterocycles. The molecule has 0 saturated heterocycles. The summed E-state index contributed by atoms with van der Waals surface area (Å²) in [6.07, 6.45) is 0.791. The Hall–Kier alpha value is -2.30. The molecule has 0 fully saturated rings. The van der Waals surface area contributed by atoms with E-state index in [9.17, 15) is 9.90 Å². The lowest BCUT2D eigenvalue weighted by atomic mass is 10.2. The summed E-state index contributed by atoms with van der Waals surface area (Å²) in [7, 11) is 1.75. The van der Waals surface area contributed by atoms with E-state index in [2.05, 4.69) is 10.4 Å². The first-order valence-electron chi connectivity index (χ1n) is 6.15. The summed E-state index contributed by atoms with van der Waals surface area (Å²) in [6.45, 7) is 3.82. The molecular formula is C14H17N3O2. The number of anilines is 1. The van der Waals surface area contributed by atoms with E-state index in [-0.39, 0.29) is 11.7 Å². The van der Waals surface area contributed by atoms with E-state index in [0.717, 1.165) is 17.7 Å². The zero-order chi connectivity index (χ0) is 14.0. The number of nitrogens with zero attached hydrogens (tertiary/aromatic N) is 2. The van der Waals surface area contributed by atoms with Gasteiger partial charge in [0.05, 0.1) is 5.69 Å². The van der Waals surface area contributed by atoms with Crippen LogP contribution >= 0.6 is 0 Å². The molecule has 0 aliphatic rings. The van der Waals surface area contributed by atoms with E-state index in [1.54, 1.807) is 36.0 Å². The van der Waals surface area contributed by atoms with Gasteiger partial charge in [-0.15, -0.1) is 0 Å². The van der Waals surface area contributed by atoms with Crippen LogP contribution in [0.1, 0.15) is 28.7 Å². The van der Waals surface area contributed by atoms with Crippen molar-refractivity contribution in [2.45, 2.75) is 20.3 Å². The van der Waals surface area contributed by atoms with Crippen molar-refractivity contribution < 1.29 is 9.90 Å². The molecule has 5 nitrogen and oxygen atoms in total. The van der Waals surface area contributed by atoms with E-state index in [4.69, 9.17) is 0 Å². The van der Waals surface area contributed by atoms with Crippen molar-refractivity contribution in [2.24, 2.45) is 7.05 Å². The molecule has 0 radical (unpaired) electrons. The van der Waals surface area contributed by atoms with Crippen LogP contribution in [0.25, 0.3) is 0 Å². The molecule has 0 unspecified atom stereocenters. The van der Waals surface area contributed by atoms with Crippen molar-refractivity contribution in [1.82, 2.24) is 9.78 Å². The fourth-order valence-electron chi connectivity index (χ4n) is 1.89. The van der Waals surface area contributed by atoms with Gasteiger partial charge in [0.2, 0.25) is 0 Å². The van der Waals surface area contributed by atoms with Crippen molar-refractivity contribution in [3.63, 3.8) is 0 Å². The Kier molecular flexibility index (Phi) is 3.55. The van der Waals surface area contributed by atoms with Gasteiger partial charge in [-0.2, -0.15) is 5.10 Å². The second kappa shape index (κ2) is 5.14. The number of carbonyl (C=O) groups excluding carboxylic acids is 1. The largest absolute Gasteiger partial charge is 0.508 e. The number of aromatic hydroxyl groups is 1. The van der Waals surface area contributed by atoms with Gasteiger partial charge in [-0.25, -0.2) is 0 Å². The summed E-state index contributed by atoms with van der Waals surface area (Å²) >= 11 is 0. The molecule has 1 heterocycles. The monoisotopic (exact) mass is 259 g/mol. The van der Waals surface area contributed by atoms with Gasteiger partial charge in [0.1, 0.15) is 11.4 Å². The maximum atomic E-state index is 12.2. The third-order valence-corrected chi connectivity index (χ3v) is 2.98. The van der Waals surface area contributed by atoms with Gasteiger partial charge in [0.15, 0.2) is 0 Å². The first-order chi connectivity index (χ1) is 9.01. The van der Waals surface area contributed by atoms with Crippen LogP contribution in [0.3, 0.4) is 0 Å². The second-order valence-corrected chi connectivity index (χ2v) is 4.45. The van der Waals surface area contributed by atoms with Gasteiger partial charge >= 0.3 is 0 Å². The first kappa shape index (κ1) is 13.1. The van der Waals surface area contributed by atoms with Crippen LogP contribution in [0.5, 0.6) is 5.75 Å². The van der Waals surface area contributed by atoms with E-state index < -0.39 is 0 Å². The highest BCUT2D eigenvalue weighted by molar-refractivity contribution is 6.03. The molecule has 2 aromatic rings. The number of aromatic nitrogens is 2. The fraction of sp³-hybridized carbons (Fsp3) is 0.286. The lowest BCUT2D eigenvalue weighted by Gasteiger charge is -2.08. The number of phenols is 1. The van der Waals surface area contributed by atoms with Crippen molar-refractivity contribution in [3.05, 3.63) is 41.2 Å². The van der Waals surface area contributed by atoms with Crippen LogP contribution in [0.2, 0.25) is 0 Å². The Bertz CT molecular complexity index is 617. The minimum atomic E-state index is -0.205. The smallest absolute Gasteiger partial charge is 0.273 e. The van der Waals surface area contributed by atoms with Crippen LogP contribution in [-0.2, 0) is 13.5 Å². The molecule has 0 saturated carbocycles. The van der Waals surface area contributed by atoms with E-state index in [1.807, 2.05) is 13.8 Å². The number of hydrogen-bond acceptors (Lipinski definition) is 3. The number of benzene rings is 1. The lowest BCUT2D eigenvalue weighted by molar-refractivity contribution is 0.101. The molecule has 19 heavy (non-hydrogen) atoms. The predicted molar refractivity (Wildman–Crippen MR) is 73.4 cm³/mol. The topological polar surface area (TPSA) is 67.2 Å². The van der Waals surface area contributed by atoms with Crippen LogP contribution in [0.15, 0.2) is 24.3 Å². The molecule has 1 aromatic carbocycles. The number of nitrogens with one attached hydrogen (secondary N) is 1. The average Bonchev–Trinajstić information content (AvgIpc) is 2.74. The number of amides is 1. The van der Waals surface area contributed by atoms with Crippen molar-refractivity contribution in [3.8, 4) is 5.75 Å². The number of phenolic OH excluding ortho intramolecular Hbond substituents is 1. The fourth-order valence-corrected chi connectivity index (χ4v) is 1.89. The zero-order valence-corrected chi connectivity index (χ0v) is 11.3. The first-order valence-corrected chi connectivity index (χ1v) is 6.15. The Morgan fingerprint density at radius 1 is 1.42 bits per heavy atom. The molecule has 0 atom stereocenters. The van der Waals surface area contributed by atoms with E-state index >= 15 is 0 Å². The maximum Gasteiger partial charge on any atom is 0.273 e. The molecule has 0 bridgehead atoms. The summed E-state index contributed by atoms with van der Waals surface area (Å²) in [5.74, 6) is -0.0206. The number of carbonyl (C=O) groups is 1. The second-order valence-electron chi connectivity index (χ2n) is 4.45. The molecule has 0 aliphatic heterocycles. The normalized spacial score (nSPS) is 10.5. The minimum absolute atomic E-state index is 0.185. The van der Waals surface area contributed by atoms with Gasteiger partial charge in [-0.05, 0) is 43.2 Å². The van der Waals surface area contributed by atoms with E-state index in [0.29, 0.717) is 11.4 Å². The SMILES string of the molecule is CCc1cc(C(=O)Nc2ccc(O)cc2C)n(C)n1. The highest BCUT2D eigenvalue weighted by Gasteiger charge is 2.13. The van der Waals surface area contributed by atoms with Crippen LogP contribution in [-0.4, -0.2) is 20.8 Å².